The Kier molecular flexibility index (Phi) is 5.31. The third kappa shape index (κ3) is 3.89. The smallest absolute Gasteiger partial charge is 0.290 e. The predicted octanol–water partition coefficient (Wildman–Crippen LogP) is 3.45. The summed E-state index contributed by atoms with van der Waals surface area (Å²) in [6.07, 6.45) is 5.17. The van der Waals surface area contributed by atoms with Crippen molar-refractivity contribution in [1.29, 1.82) is 0 Å². The number of benzene rings is 1. The molecule has 1 atom stereocenters. The first-order valence-corrected chi connectivity index (χ1v) is 10.7. The highest BCUT2D eigenvalue weighted by Crippen LogP contribution is 2.27. The Labute approximate surface area is 194 Å². The molecule has 4 heterocycles. The molecule has 1 unspecified atom stereocenters. The van der Waals surface area contributed by atoms with Crippen LogP contribution in [0.4, 0.5) is 20.5 Å². The van der Waals surface area contributed by atoms with Crippen LogP contribution in [0.3, 0.4) is 0 Å². The Bertz CT molecular complexity index is 1400. The Hall–Kier alpha value is -4.15. The van der Waals surface area contributed by atoms with Gasteiger partial charge in [-0.25, -0.2) is 23.7 Å². The highest BCUT2D eigenvalue weighted by molar-refractivity contribution is 5.92. The lowest BCUT2D eigenvalue weighted by atomic mass is 10.1. The molecule has 0 saturated heterocycles. The number of aryl methyl sites for hydroxylation is 2. The quantitative estimate of drug-likeness (QED) is 0.486. The molecule has 0 spiro atoms. The standard InChI is InChI=1S/C23H22F2N8O/c1-13-9-26-23(29-19-6-7-27-31(19)3)30-20(13)18-12-32-10-14(2)33(22(34)21(32)28-18)11-15-4-5-16(24)17(25)8-15/h4-9,12,14H,10-11H2,1-3H3,(H,26,29,30). The van der Waals surface area contributed by atoms with Crippen LogP contribution in [0.2, 0.25) is 0 Å². The third-order valence-corrected chi connectivity index (χ3v) is 5.83. The molecule has 11 heteroatoms. The van der Waals surface area contributed by atoms with Crippen molar-refractivity contribution in [3.05, 3.63) is 71.4 Å². The van der Waals surface area contributed by atoms with E-state index in [0.29, 0.717) is 29.4 Å². The Morgan fingerprint density at radius 3 is 2.74 bits per heavy atom. The van der Waals surface area contributed by atoms with Gasteiger partial charge in [0.05, 0.1) is 11.9 Å². The van der Waals surface area contributed by atoms with Crippen LogP contribution >= 0.6 is 0 Å². The Balaban J connectivity index is 1.43. The maximum Gasteiger partial charge on any atom is 0.290 e. The second kappa shape index (κ2) is 8.32. The molecule has 0 saturated carbocycles. The fraction of sp³-hybridized carbons (Fsp3) is 0.261. The number of imidazole rings is 1. The molecule has 1 aliphatic rings. The van der Waals surface area contributed by atoms with Gasteiger partial charge in [-0.3, -0.25) is 9.48 Å². The molecule has 0 bridgehead atoms. The summed E-state index contributed by atoms with van der Waals surface area (Å²) in [7, 11) is 1.81. The van der Waals surface area contributed by atoms with E-state index >= 15 is 0 Å². The zero-order valence-corrected chi connectivity index (χ0v) is 18.8. The number of hydrogen-bond acceptors (Lipinski definition) is 6. The highest BCUT2D eigenvalue weighted by Gasteiger charge is 2.32. The summed E-state index contributed by atoms with van der Waals surface area (Å²) in [5, 5.41) is 7.24. The number of carbonyl (C=O) groups excluding carboxylic acids is 1. The van der Waals surface area contributed by atoms with Crippen molar-refractivity contribution in [1.82, 2.24) is 34.2 Å². The average Bonchev–Trinajstić information content (AvgIpc) is 3.41. The number of aromatic nitrogens is 6. The summed E-state index contributed by atoms with van der Waals surface area (Å²) in [6.45, 7) is 4.46. The summed E-state index contributed by atoms with van der Waals surface area (Å²) < 4.78 is 30.4. The van der Waals surface area contributed by atoms with Crippen LogP contribution in [0.15, 0.2) is 42.9 Å². The van der Waals surface area contributed by atoms with E-state index in [1.165, 1.54) is 6.07 Å². The van der Waals surface area contributed by atoms with Gasteiger partial charge in [-0.2, -0.15) is 5.10 Å². The van der Waals surface area contributed by atoms with Gasteiger partial charge in [-0.1, -0.05) is 6.07 Å². The summed E-state index contributed by atoms with van der Waals surface area (Å²) in [5.74, 6) is -0.747. The molecule has 5 rings (SSSR count). The van der Waals surface area contributed by atoms with E-state index in [1.807, 2.05) is 20.0 Å². The molecule has 34 heavy (non-hydrogen) atoms. The maximum atomic E-state index is 13.7. The summed E-state index contributed by atoms with van der Waals surface area (Å²) in [6, 6.07) is 5.30. The second-order valence-electron chi connectivity index (χ2n) is 8.32. The molecular formula is C23H22F2N8O. The fourth-order valence-corrected chi connectivity index (χ4v) is 3.99. The van der Waals surface area contributed by atoms with E-state index in [0.717, 1.165) is 23.5 Å². The van der Waals surface area contributed by atoms with Crippen molar-refractivity contribution in [2.24, 2.45) is 7.05 Å². The number of halogens is 2. The predicted molar refractivity (Wildman–Crippen MR) is 120 cm³/mol. The van der Waals surface area contributed by atoms with E-state index in [2.05, 4.69) is 25.4 Å². The summed E-state index contributed by atoms with van der Waals surface area (Å²) >= 11 is 0. The minimum absolute atomic E-state index is 0.157. The van der Waals surface area contributed by atoms with Gasteiger partial charge < -0.3 is 14.8 Å². The number of carbonyl (C=O) groups is 1. The number of amides is 1. The number of anilines is 2. The topological polar surface area (TPSA) is 93.8 Å². The lowest BCUT2D eigenvalue weighted by Gasteiger charge is -2.33. The SMILES string of the molecule is Cc1cnc(Nc2ccnn2C)nc1-c1cn2c(n1)C(=O)N(Cc1ccc(F)c(F)c1)C(C)C2. The fourth-order valence-electron chi connectivity index (χ4n) is 3.99. The van der Waals surface area contributed by atoms with Crippen molar-refractivity contribution in [2.75, 3.05) is 5.32 Å². The molecule has 9 nitrogen and oxygen atoms in total. The molecule has 4 aromatic rings. The van der Waals surface area contributed by atoms with Crippen molar-refractivity contribution in [2.45, 2.75) is 33.0 Å². The van der Waals surface area contributed by atoms with E-state index < -0.39 is 11.6 Å². The third-order valence-electron chi connectivity index (χ3n) is 5.83. The molecule has 0 radical (unpaired) electrons. The van der Waals surface area contributed by atoms with E-state index in [-0.39, 0.29) is 24.3 Å². The number of nitrogens with one attached hydrogen (secondary N) is 1. The molecule has 174 valence electrons. The van der Waals surface area contributed by atoms with Crippen LogP contribution in [0.25, 0.3) is 11.4 Å². The minimum atomic E-state index is -0.937. The van der Waals surface area contributed by atoms with E-state index in [9.17, 15) is 13.6 Å². The lowest BCUT2D eigenvalue weighted by Crippen LogP contribution is -2.46. The van der Waals surface area contributed by atoms with Crippen LogP contribution in [0, 0.1) is 18.6 Å². The van der Waals surface area contributed by atoms with Gasteiger partial charge in [-0.05, 0) is 37.1 Å². The van der Waals surface area contributed by atoms with Crippen LogP contribution in [0.1, 0.15) is 28.7 Å². The molecular weight excluding hydrogens is 442 g/mol. The highest BCUT2D eigenvalue weighted by atomic mass is 19.2. The van der Waals surface area contributed by atoms with Crippen LogP contribution < -0.4 is 5.32 Å². The Morgan fingerprint density at radius 1 is 1.18 bits per heavy atom. The molecule has 1 aromatic carbocycles. The molecule has 1 amide bonds. The Morgan fingerprint density at radius 2 is 2.00 bits per heavy atom. The normalized spacial score (nSPS) is 15.5. The molecule has 1 aliphatic heterocycles. The lowest BCUT2D eigenvalue weighted by molar-refractivity contribution is 0.0587. The first-order valence-electron chi connectivity index (χ1n) is 10.7. The van der Waals surface area contributed by atoms with Crippen molar-refractivity contribution in [3.63, 3.8) is 0 Å². The van der Waals surface area contributed by atoms with Gasteiger partial charge in [0.2, 0.25) is 5.95 Å². The zero-order chi connectivity index (χ0) is 24.0. The molecule has 1 N–H and O–H groups in total. The van der Waals surface area contributed by atoms with Crippen LogP contribution in [-0.4, -0.2) is 46.1 Å². The zero-order valence-electron chi connectivity index (χ0n) is 18.8. The average molecular weight is 464 g/mol. The number of rotatable bonds is 5. The first kappa shape index (κ1) is 21.7. The maximum absolute atomic E-state index is 13.7. The number of fused-ring (bicyclic) bond motifs is 1. The first-order chi connectivity index (χ1) is 16.3. The van der Waals surface area contributed by atoms with Gasteiger partial charge in [0.1, 0.15) is 11.5 Å². The second-order valence-corrected chi connectivity index (χ2v) is 8.32. The molecule has 3 aromatic heterocycles. The summed E-state index contributed by atoms with van der Waals surface area (Å²) in [4.78, 5) is 28.4. The largest absolute Gasteiger partial charge is 0.327 e. The van der Waals surface area contributed by atoms with Crippen molar-refractivity contribution in [3.8, 4) is 11.4 Å². The van der Waals surface area contributed by atoms with Crippen molar-refractivity contribution < 1.29 is 13.6 Å². The van der Waals surface area contributed by atoms with Gasteiger partial charge in [0.25, 0.3) is 5.91 Å². The van der Waals surface area contributed by atoms with Gasteiger partial charge >= 0.3 is 0 Å². The number of nitrogens with zero attached hydrogens (tertiary/aromatic N) is 7. The van der Waals surface area contributed by atoms with Gasteiger partial charge in [-0.15, -0.1) is 0 Å². The summed E-state index contributed by atoms with van der Waals surface area (Å²) in [5.41, 5.74) is 2.48. The van der Waals surface area contributed by atoms with Crippen molar-refractivity contribution >= 4 is 17.7 Å². The number of hydrogen-bond donors (Lipinski definition) is 1. The minimum Gasteiger partial charge on any atom is -0.327 e. The van der Waals surface area contributed by atoms with E-state index in [1.54, 1.807) is 39.7 Å². The van der Waals surface area contributed by atoms with E-state index in [4.69, 9.17) is 0 Å². The van der Waals surface area contributed by atoms with Crippen LogP contribution in [-0.2, 0) is 20.1 Å². The van der Waals surface area contributed by atoms with Crippen LogP contribution in [0.5, 0.6) is 0 Å². The molecule has 0 fully saturated rings. The van der Waals surface area contributed by atoms with Gasteiger partial charge in [0.15, 0.2) is 17.5 Å². The molecule has 0 aliphatic carbocycles. The monoisotopic (exact) mass is 464 g/mol. The van der Waals surface area contributed by atoms with Gasteiger partial charge in [0, 0.05) is 44.6 Å².